The van der Waals surface area contributed by atoms with Crippen LogP contribution in [0.15, 0.2) is 36.7 Å². The lowest BCUT2D eigenvalue weighted by Crippen LogP contribution is -2.38. The van der Waals surface area contributed by atoms with Crippen LogP contribution in [0.3, 0.4) is 0 Å². The number of nitrogens with zero attached hydrogens (tertiary/aromatic N) is 4. The zero-order chi connectivity index (χ0) is 19.8. The molecule has 0 spiro atoms. The van der Waals surface area contributed by atoms with Crippen molar-refractivity contribution in [3.63, 3.8) is 0 Å². The lowest BCUT2D eigenvalue weighted by Gasteiger charge is -2.21. The van der Waals surface area contributed by atoms with Gasteiger partial charge in [-0.3, -0.25) is 9.20 Å². The molecule has 1 aromatic carbocycles. The molecule has 0 bridgehead atoms. The number of carbonyl (C=O) groups excluding carboxylic acids is 1. The van der Waals surface area contributed by atoms with Gasteiger partial charge in [-0.1, -0.05) is 29.8 Å². The monoisotopic (exact) mass is 373 g/mol. The van der Waals surface area contributed by atoms with Crippen molar-refractivity contribution in [3.8, 4) is 6.07 Å². The van der Waals surface area contributed by atoms with E-state index in [0.29, 0.717) is 5.69 Å². The first-order valence-electron chi connectivity index (χ1n) is 7.89. The van der Waals surface area contributed by atoms with Crippen molar-refractivity contribution >= 4 is 11.6 Å². The molecule has 1 amide bonds. The molecule has 6 nitrogen and oxygen atoms in total. The van der Waals surface area contributed by atoms with Gasteiger partial charge in [0, 0.05) is 5.69 Å². The molecular weight excluding hydrogens is 359 g/mol. The molecule has 0 aliphatic carbocycles. The largest absolute Gasteiger partial charge is 0.412 e. The van der Waals surface area contributed by atoms with Gasteiger partial charge in [-0.25, -0.2) is 9.97 Å². The number of imidazole rings is 1. The number of rotatable bonds is 3. The van der Waals surface area contributed by atoms with Gasteiger partial charge in [0.2, 0.25) is 0 Å². The number of fused-ring (bicyclic) bond motifs is 1. The summed E-state index contributed by atoms with van der Waals surface area (Å²) in [6.45, 7) is 3.36. The highest BCUT2D eigenvalue weighted by atomic mass is 19.4. The standard InChI is InChI=1S/C18H14F3N5O/c1-10-3-5-12(6-4-10)15(18(19,20)21)25-17(27)14-16-24-11(2)7-13(8-22)26(16)9-23-14/h3-7,9,15H,1-2H3,(H,25,27). The second-order valence-electron chi connectivity index (χ2n) is 6.04. The highest BCUT2D eigenvalue weighted by Gasteiger charge is 2.42. The van der Waals surface area contributed by atoms with Gasteiger partial charge in [0.25, 0.3) is 5.91 Å². The number of alkyl halides is 3. The number of halogens is 3. The normalized spacial score (nSPS) is 12.6. The van der Waals surface area contributed by atoms with Crippen LogP contribution < -0.4 is 5.32 Å². The predicted molar refractivity (Wildman–Crippen MR) is 89.9 cm³/mol. The molecule has 3 rings (SSSR count). The van der Waals surface area contributed by atoms with E-state index >= 15 is 0 Å². The summed E-state index contributed by atoms with van der Waals surface area (Å²) in [5, 5.41) is 11.1. The second-order valence-corrected chi connectivity index (χ2v) is 6.04. The van der Waals surface area contributed by atoms with Crippen LogP contribution in [-0.2, 0) is 0 Å². The highest BCUT2D eigenvalue weighted by Crippen LogP contribution is 2.33. The molecule has 2 heterocycles. The Balaban J connectivity index is 2.00. The molecule has 0 aliphatic heterocycles. The van der Waals surface area contributed by atoms with Crippen molar-refractivity contribution in [2.24, 2.45) is 0 Å². The third-order valence-corrected chi connectivity index (χ3v) is 3.97. The first-order valence-corrected chi connectivity index (χ1v) is 7.89. The maximum Gasteiger partial charge on any atom is 0.412 e. The number of benzene rings is 1. The molecule has 0 saturated carbocycles. The Morgan fingerprint density at radius 3 is 2.52 bits per heavy atom. The van der Waals surface area contributed by atoms with Crippen molar-refractivity contribution in [2.45, 2.75) is 26.1 Å². The number of aryl methyl sites for hydroxylation is 2. The molecule has 0 aliphatic rings. The molecule has 0 saturated heterocycles. The molecule has 0 fully saturated rings. The van der Waals surface area contributed by atoms with Gasteiger partial charge in [0.05, 0.1) is 0 Å². The lowest BCUT2D eigenvalue weighted by molar-refractivity contribution is -0.155. The fourth-order valence-corrected chi connectivity index (χ4v) is 2.65. The summed E-state index contributed by atoms with van der Waals surface area (Å²) >= 11 is 0. The number of nitrogens with one attached hydrogen (secondary N) is 1. The summed E-state index contributed by atoms with van der Waals surface area (Å²) in [5.74, 6) is -1.03. The Bertz CT molecular complexity index is 1050. The smallest absolute Gasteiger partial charge is 0.335 e. The number of amides is 1. The number of carbonyl (C=O) groups is 1. The van der Waals surface area contributed by atoms with Crippen LogP contribution in [0, 0.1) is 25.2 Å². The number of hydrogen-bond acceptors (Lipinski definition) is 4. The van der Waals surface area contributed by atoms with E-state index in [9.17, 15) is 18.0 Å². The molecule has 9 heteroatoms. The van der Waals surface area contributed by atoms with Gasteiger partial charge in [0.15, 0.2) is 17.4 Å². The predicted octanol–water partition coefficient (Wildman–Crippen LogP) is 3.25. The Morgan fingerprint density at radius 2 is 1.93 bits per heavy atom. The fraction of sp³-hybridized carbons (Fsp3) is 0.222. The average Bonchev–Trinajstić information content (AvgIpc) is 3.02. The Kier molecular flexibility index (Phi) is 4.57. The van der Waals surface area contributed by atoms with E-state index in [2.05, 4.69) is 9.97 Å². The van der Waals surface area contributed by atoms with Crippen LogP contribution in [-0.4, -0.2) is 26.5 Å². The van der Waals surface area contributed by atoms with Gasteiger partial charge in [0.1, 0.15) is 18.1 Å². The van der Waals surface area contributed by atoms with Crippen LogP contribution >= 0.6 is 0 Å². The van der Waals surface area contributed by atoms with Crippen LogP contribution in [0.2, 0.25) is 0 Å². The van der Waals surface area contributed by atoms with E-state index in [0.717, 1.165) is 5.56 Å². The average molecular weight is 373 g/mol. The van der Waals surface area contributed by atoms with E-state index in [1.165, 1.54) is 41.1 Å². The molecule has 2 aromatic heterocycles. The highest BCUT2D eigenvalue weighted by molar-refractivity contribution is 5.98. The summed E-state index contributed by atoms with van der Waals surface area (Å²) in [6.07, 6.45) is -3.51. The summed E-state index contributed by atoms with van der Waals surface area (Å²) in [6, 6.07) is 6.93. The topological polar surface area (TPSA) is 83.1 Å². The minimum atomic E-state index is -4.69. The first-order chi connectivity index (χ1) is 12.7. The molecule has 138 valence electrons. The van der Waals surface area contributed by atoms with Crippen molar-refractivity contribution < 1.29 is 18.0 Å². The maximum atomic E-state index is 13.5. The zero-order valence-corrected chi connectivity index (χ0v) is 14.4. The number of aromatic nitrogens is 3. The van der Waals surface area contributed by atoms with Crippen molar-refractivity contribution in [1.29, 1.82) is 5.26 Å². The van der Waals surface area contributed by atoms with Gasteiger partial charge >= 0.3 is 6.18 Å². The quantitative estimate of drug-likeness (QED) is 0.764. The third-order valence-electron chi connectivity index (χ3n) is 3.97. The van der Waals surface area contributed by atoms with E-state index in [1.807, 2.05) is 11.4 Å². The minimum absolute atomic E-state index is 0.0221. The lowest BCUT2D eigenvalue weighted by atomic mass is 10.0. The van der Waals surface area contributed by atoms with Crippen molar-refractivity contribution in [1.82, 2.24) is 19.7 Å². The second kappa shape index (κ2) is 6.72. The van der Waals surface area contributed by atoms with Crippen LogP contribution in [0.25, 0.3) is 5.65 Å². The van der Waals surface area contributed by atoms with Crippen LogP contribution in [0.1, 0.15) is 39.0 Å². The van der Waals surface area contributed by atoms with Gasteiger partial charge in [-0.15, -0.1) is 0 Å². The molecule has 0 radical (unpaired) electrons. The third kappa shape index (κ3) is 3.60. The molecule has 27 heavy (non-hydrogen) atoms. The molecule has 1 unspecified atom stereocenters. The van der Waals surface area contributed by atoms with Gasteiger partial charge < -0.3 is 5.32 Å². The number of hydrogen-bond donors (Lipinski definition) is 1. The summed E-state index contributed by atoms with van der Waals surface area (Å²) in [4.78, 5) is 20.5. The maximum absolute atomic E-state index is 13.5. The van der Waals surface area contributed by atoms with E-state index in [4.69, 9.17) is 5.26 Å². The molecule has 3 aromatic rings. The first kappa shape index (κ1) is 18.4. The minimum Gasteiger partial charge on any atom is -0.335 e. The SMILES string of the molecule is Cc1ccc(C(NC(=O)c2ncn3c(C#N)cc(C)nc23)C(F)(F)F)cc1. The Labute approximate surface area is 152 Å². The van der Waals surface area contributed by atoms with Crippen LogP contribution in [0.5, 0.6) is 0 Å². The van der Waals surface area contributed by atoms with Gasteiger partial charge in [-0.2, -0.15) is 18.4 Å². The molecule has 1 N–H and O–H groups in total. The van der Waals surface area contributed by atoms with E-state index in [-0.39, 0.29) is 22.6 Å². The summed E-state index contributed by atoms with van der Waals surface area (Å²) in [5.41, 5.74) is 1.07. The Morgan fingerprint density at radius 1 is 1.26 bits per heavy atom. The zero-order valence-electron chi connectivity index (χ0n) is 14.4. The summed E-state index contributed by atoms with van der Waals surface area (Å²) in [7, 11) is 0. The summed E-state index contributed by atoms with van der Waals surface area (Å²) < 4.78 is 41.8. The van der Waals surface area contributed by atoms with Crippen molar-refractivity contribution in [3.05, 3.63) is 64.9 Å². The van der Waals surface area contributed by atoms with Crippen LogP contribution in [0.4, 0.5) is 13.2 Å². The fourth-order valence-electron chi connectivity index (χ4n) is 2.65. The van der Waals surface area contributed by atoms with Crippen molar-refractivity contribution in [2.75, 3.05) is 0 Å². The van der Waals surface area contributed by atoms with E-state index in [1.54, 1.807) is 13.8 Å². The van der Waals surface area contributed by atoms with E-state index < -0.39 is 18.1 Å². The molecule has 1 atom stereocenters. The van der Waals surface area contributed by atoms with Gasteiger partial charge in [-0.05, 0) is 25.5 Å². The Hall–Kier alpha value is -3.41. The number of nitriles is 1. The molecular formula is C18H14F3N5O.